The molecule has 0 spiro atoms. The number of carbonyl (C=O) groups is 1. The molecule has 1 atom stereocenters. The van der Waals surface area contributed by atoms with Gasteiger partial charge in [-0.05, 0) is 29.8 Å². The topological polar surface area (TPSA) is 55.1 Å². The third-order valence-corrected chi connectivity index (χ3v) is 3.78. The van der Waals surface area contributed by atoms with Crippen LogP contribution >= 0.6 is 23.2 Å². The van der Waals surface area contributed by atoms with E-state index < -0.39 is 11.9 Å². The fraction of sp³-hybridized carbons (Fsp3) is 0.0588. The highest BCUT2D eigenvalue weighted by Crippen LogP contribution is 2.24. The molecule has 0 radical (unpaired) electrons. The van der Waals surface area contributed by atoms with Gasteiger partial charge in [0.2, 0.25) is 0 Å². The third-order valence-electron chi connectivity index (χ3n) is 3.26. The average molecular weight is 347 g/mol. The zero-order valence-electron chi connectivity index (χ0n) is 11.9. The molecule has 6 heteroatoms. The van der Waals surface area contributed by atoms with E-state index >= 15 is 0 Å². The lowest BCUT2D eigenvalue weighted by molar-refractivity contribution is 0.0934. The summed E-state index contributed by atoms with van der Waals surface area (Å²) in [6.45, 7) is 0. The van der Waals surface area contributed by atoms with Gasteiger partial charge in [-0.2, -0.15) is 0 Å². The first-order valence-corrected chi connectivity index (χ1v) is 7.62. The molecule has 0 aliphatic rings. The predicted octanol–water partition coefficient (Wildman–Crippen LogP) is 4.50. The number of halogens is 2. The highest BCUT2D eigenvalue weighted by molar-refractivity contribution is 6.34. The number of carbonyl (C=O) groups excluding carboxylic acids is 1. The molecule has 0 saturated carbocycles. The second-order valence-corrected chi connectivity index (χ2v) is 5.59. The predicted molar refractivity (Wildman–Crippen MR) is 88.7 cm³/mol. The summed E-state index contributed by atoms with van der Waals surface area (Å²) < 4.78 is 5.45. The molecule has 1 unspecified atom stereocenters. The molecule has 0 fully saturated rings. The molecule has 1 aromatic carbocycles. The van der Waals surface area contributed by atoms with Crippen LogP contribution < -0.4 is 5.32 Å². The van der Waals surface area contributed by atoms with E-state index in [1.54, 1.807) is 18.4 Å². The van der Waals surface area contributed by atoms with Crippen molar-refractivity contribution in [3.05, 3.63) is 88.1 Å². The summed E-state index contributed by atoms with van der Waals surface area (Å²) in [5.74, 6) is 0.186. The summed E-state index contributed by atoms with van der Waals surface area (Å²) in [7, 11) is 0. The van der Waals surface area contributed by atoms with Crippen LogP contribution in [0.2, 0.25) is 10.2 Å². The van der Waals surface area contributed by atoms with E-state index in [-0.39, 0.29) is 15.9 Å². The number of hydrogen-bond acceptors (Lipinski definition) is 3. The summed E-state index contributed by atoms with van der Waals surface area (Å²) in [6, 6.07) is 15.7. The minimum Gasteiger partial charge on any atom is -0.467 e. The molecule has 2 aromatic heterocycles. The lowest BCUT2D eigenvalue weighted by Gasteiger charge is -2.17. The summed E-state index contributed by atoms with van der Waals surface area (Å²) in [5.41, 5.74) is 0.959. The molecule has 4 nitrogen and oxygen atoms in total. The van der Waals surface area contributed by atoms with Gasteiger partial charge in [0.25, 0.3) is 5.91 Å². The van der Waals surface area contributed by atoms with Crippen molar-refractivity contribution in [1.29, 1.82) is 0 Å². The van der Waals surface area contributed by atoms with Crippen LogP contribution in [-0.4, -0.2) is 10.9 Å². The van der Waals surface area contributed by atoms with Gasteiger partial charge in [-0.15, -0.1) is 0 Å². The summed E-state index contributed by atoms with van der Waals surface area (Å²) in [5, 5.41) is 3.32. The van der Waals surface area contributed by atoms with Crippen molar-refractivity contribution >= 4 is 29.1 Å². The first-order valence-electron chi connectivity index (χ1n) is 6.86. The second-order valence-electron chi connectivity index (χ2n) is 4.80. The van der Waals surface area contributed by atoms with Crippen molar-refractivity contribution in [2.24, 2.45) is 0 Å². The Kier molecular flexibility index (Phi) is 4.65. The summed E-state index contributed by atoms with van der Waals surface area (Å²) in [4.78, 5) is 16.5. The Morgan fingerprint density at radius 2 is 1.83 bits per heavy atom. The van der Waals surface area contributed by atoms with E-state index in [4.69, 9.17) is 27.6 Å². The number of hydrogen-bond donors (Lipinski definition) is 1. The Balaban J connectivity index is 1.93. The van der Waals surface area contributed by atoms with Crippen molar-refractivity contribution in [1.82, 2.24) is 10.3 Å². The van der Waals surface area contributed by atoms with Crippen LogP contribution in [0, 0.1) is 0 Å². The summed E-state index contributed by atoms with van der Waals surface area (Å²) in [6.07, 6.45) is 1.56. The van der Waals surface area contributed by atoms with Crippen LogP contribution in [0.4, 0.5) is 0 Å². The molecule has 1 amide bonds. The van der Waals surface area contributed by atoms with E-state index in [1.807, 2.05) is 30.3 Å². The Morgan fingerprint density at radius 1 is 1.04 bits per heavy atom. The molecular formula is C17H12Cl2N2O2. The standard InChI is InChI=1S/C17H12Cl2N2O2/c18-12-8-9-14(19)20-16(12)17(22)21-15(13-7-4-10-23-13)11-5-2-1-3-6-11/h1-10,15H,(H,21,22). The fourth-order valence-corrected chi connectivity index (χ4v) is 2.54. The number of amides is 1. The van der Waals surface area contributed by atoms with Gasteiger partial charge in [0.15, 0.2) is 0 Å². The number of nitrogens with zero attached hydrogens (tertiary/aromatic N) is 1. The Bertz CT molecular complexity index is 805. The van der Waals surface area contributed by atoms with E-state index in [2.05, 4.69) is 10.3 Å². The highest BCUT2D eigenvalue weighted by atomic mass is 35.5. The van der Waals surface area contributed by atoms with Crippen molar-refractivity contribution < 1.29 is 9.21 Å². The second kappa shape index (κ2) is 6.86. The van der Waals surface area contributed by atoms with Gasteiger partial charge >= 0.3 is 0 Å². The number of benzene rings is 1. The highest BCUT2D eigenvalue weighted by Gasteiger charge is 2.22. The molecule has 3 rings (SSSR count). The van der Waals surface area contributed by atoms with Crippen molar-refractivity contribution in [3.8, 4) is 0 Å². The molecule has 0 aliphatic heterocycles. The van der Waals surface area contributed by atoms with Crippen molar-refractivity contribution in [3.63, 3.8) is 0 Å². The lowest BCUT2D eigenvalue weighted by Crippen LogP contribution is -2.30. The average Bonchev–Trinajstić information content (AvgIpc) is 3.09. The smallest absolute Gasteiger partial charge is 0.272 e. The Labute approximate surface area is 143 Å². The van der Waals surface area contributed by atoms with Gasteiger partial charge in [-0.25, -0.2) is 4.98 Å². The first-order chi connectivity index (χ1) is 11.1. The van der Waals surface area contributed by atoms with Crippen LogP contribution in [0.1, 0.15) is 27.9 Å². The minimum absolute atomic E-state index is 0.0756. The number of nitrogens with one attached hydrogen (secondary N) is 1. The van der Waals surface area contributed by atoms with Crippen LogP contribution in [0.15, 0.2) is 65.3 Å². The van der Waals surface area contributed by atoms with Crippen LogP contribution in [0.5, 0.6) is 0 Å². The summed E-state index contributed by atoms with van der Waals surface area (Å²) >= 11 is 11.9. The SMILES string of the molecule is O=C(NC(c1ccccc1)c1ccco1)c1nc(Cl)ccc1Cl. The van der Waals surface area contributed by atoms with E-state index in [9.17, 15) is 4.79 Å². The Morgan fingerprint density at radius 3 is 2.52 bits per heavy atom. The van der Waals surface area contributed by atoms with Gasteiger partial charge in [0.05, 0.1) is 11.3 Å². The van der Waals surface area contributed by atoms with E-state index in [1.165, 1.54) is 12.1 Å². The molecule has 23 heavy (non-hydrogen) atoms. The quantitative estimate of drug-likeness (QED) is 0.707. The molecule has 0 aliphatic carbocycles. The molecular weight excluding hydrogens is 335 g/mol. The van der Waals surface area contributed by atoms with E-state index in [0.29, 0.717) is 5.76 Å². The van der Waals surface area contributed by atoms with Crippen LogP contribution in [0.3, 0.4) is 0 Å². The van der Waals surface area contributed by atoms with E-state index in [0.717, 1.165) is 5.56 Å². The number of aromatic nitrogens is 1. The normalized spacial score (nSPS) is 11.9. The van der Waals surface area contributed by atoms with Gasteiger partial charge in [-0.1, -0.05) is 53.5 Å². The largest absolute Gasteiger partial charge is 0.467 e. The number of pyridine rings is 1. The van der Waals surface area contributed by atoms with Crippen LogP contribution in [0.25, 0.3) is 0 Å². The zero-order chi connectivity index (χ0) is 16.2. The molecule has 2 heterocycles. The maximum absolute atomic E-state index is 12.5. The molecule has 116 valence electrons. The Hall–Kier alpha value is -2.30. The third kappa shape index (κ3) is 3.55. The molecule has 3 aromatic rings. The minimum atomic E-state index is -0.449. The van der Waals surface area contributed by atoms with Gasteiger partial charge < -0.3 is 9.73 Å². The monoisotopic (exact) mass is 346 g/mol. The number of rotatable bonds is 4. The first kappa shape index (κ1) is 15.6. The van der Waals surface area contributed by atoms with Crippen molar-refractivity contribution in [2.45, 2.75) is 6.04 Å². The maximum atomic E-state index is 12.5. The van der Waals surface area contributed by atoms with Gasteiger partial charge in [-0.3, -0.25) is 4.79 Å². The van der Waals surface area contributed by atoms with Crippen molar-refractivity contribution in [2.75, 3.05) is 0 Å². The zero-order valence-corrected chi connectivity index (χ0v) is 13.4. The molecule has 1 N–H and O–H groups in total. The van der Waals surface area contributed by atoms with Gasteiger partial charge in [0.1, 0.15) is 22.6 Å². The van der Waals surface area contributed by atoms with Crippen LogP contribution in [-0.2, 0) is 0 Å². The molecule has 0 bridgehead atoms. The number of furan rings is 1. The van der Waals surface area contributed by atoms with Gasteiger partial charge in [0, 0.05) is 0 Å². The molecule has 0 saturated heterocycles. The lowest BCUT2D eigenvalue weighted by atomic mass is 10.0. The fourth-order valence-electron chi connectivity index (χ4n) is 2.20. The maximum Gasteiger partial charge on any atom is 0.272 e.